The summed E-state index contributed by atoms with van der Waals surface area (Å²) in [7, 11) is -2.45. The highest BCUT2D eigenvalue weighted by atomic mass is 79.9. The van der Waals surface area contributed by atoms with E-state index in [0.29, 0.717) is 0 Å². The first-order valence-electron chi connectivity index (χ1n) is 6.67. The van der Waals surface area contributed by atoms with Crippen molar-refractivity contribution in [1.29, 1.82) is 0 Å². The van der Waals surface area contributed by atoms with Gasteiger partial charge in [0.15, 0.2) is 0 Å². The second kappa shape index (κ2) is 7.84. The summed E-state index contributed by atoms with van der Waals surface area (Å²) in [6, 6.07) is 10.9. The zero-order chi connectivity index (χ0) is 17.9. The van der Waals surface area contributed by atoms with E-state index in [4.69, 9.17) is 23.2 Å². The van der Waals surface area contributed by atoms with Crippen molar-refractivity contribution in [2.24, 2.45) is 0 Å². The largest absolute Gasteiger partial charge is 0.322 e. The van der Waals surface area contributed by atoms with Crippen LogP contribution in [-0.2, 0) is 14.8 Å². The van der Waals surface area contributed by atoms with Crippen molar-refractivity contribution in [2.75, 3.05) is 18.9 Å². The van der Waals surface area contributed by atoms with Crippen molar-refractivity contribution in [1.82, 2.24) is 4.31 Å². The van der Waals surface area contributed by atoms with E-state index >= 15 is 0 Å². The highest BCUT2D eigenvalue weighted by molar-refractivity contribution is 9.10. The molecular formula is C15H13BrCl2N2O3S. The van der Waals surface area contributed by atoms with Gasteiger partial charge in [0.1, 0.15) is 0 Å². The van der Waals surface area contributed by atoms with Crippen LogP contribution < -0.4 is 5.32 Å². The topological polar surface area (TPSA) is 66.5 Å². The molecule has 128 valence electrons. The van der Waals surface area contributed by atoms with Crippen LogP contribution in [0, 0.1) is 0 Å². The number of hydrogen-bond acceptors (Lipinski definition) is 3. The summed E-state index contributed by atoms with van der Waals surface area (Å²) < 4.78 is 26.6. The van der Waals surface area contributed by atoms with Crippen molar-refractivity contribution in [2.45, 2.75) is 4.90 Å². The van der Waals surface area contributed by atoms with Crippen LogP contribution in [0.25, 0.3) is 0 Å². The molecule has 9 heteroatoms. The normalized spacial score (nSPS) is 11.5. The number of sulfonamides is 1. The predicted octanol–water partition coefficient (Wildman–Crippen LogP) is 4.02. The summed E-state index contributed by atoms with van der Waals surface area (Å²) in [5.41, 5.74) is 0.250. The third-order valence-corrected chi connectivity index (χ3v) is 6.09. The average Bonchev–Trinajstić information content (AvgIpc) is 2.51. The minimum Gasteiger partial charge on any atom is -0.322 e. The Morgan fingerprint density at radius 1 is 1.12 bits per heavy atom. The Bertz CT molecular complexity index is 837. The molecule has 0 aliphatic carbocycles. The number of nitrogens with zero attached hydrogens (tertiary/aromatic N) is 1. The fourth-order valence-electron chi connectivity index (χ4n) is 1.87. The fourth-order valence-corrected chi connectivity index (χ4v) is 3.75. The first-order valence-corrected chi connectivity index (χ1v) is 9.66. The molecule has 24 heavy (non-hydrogen) atoms. The van der Waals surface area contributed by atoms with Gasteiger partial charge in [-0.2, -0.15) is 4.31 Å². The molecule has 0 saturated carbocycles. The van der Waals surface area contributed by atoms with Gasteiger partial charge in [0.05, 0.1) is 27.2 Å². The quantitative estimate of drug-likeness (QED) is 0.746. The van der Waals surface area contributed by atoms with Crippen LogP contribution >= 0.6 is 39.1 Å². The Balaban J connectivity index is 2.12. The molecule has 0 atom stereocenters. The second-order valence-corrected chi connectivity index (χ2v) is 8.63. The number of hydrogen-bond donors (Lipinski definition) is 1. The van der Waals surface area contributed by atoms with Crippen LogP contribution in [0.2, 0.25) is 10.0 Å². The van der Waals surface area contributed by atoms with Crippen LogP contribution in [0.3, 0.4) is 0 Å². The third kappa shape index (κ3) is 4.49. The van der Waals surface area contributed by atoms with Crippen LogP contribution in [0.4, 0.5) is 5.69 Å². The van der Waals surface area contributed by atoms with Crippen molar-refractivity contribution in [3.8, 4) is 0 Å². The first-order chi connectivity index (χ1) is 11.2. The summed E-state index contributed by atoms with van der Waals surface area (Å²) in [6.45, 7) is -0.375. The highest BCUT2D eigenvalue weighted by Crippen LogP contribution is 2.29. The molecular weight excluding hydrogens is 439 g/mol. The summed E-state index contributed by atoms with van der Waals surface area (Å²) in [5, 5.41) is 3.07. The number of para-hydroxylation sites is 1. The molecule has 2 rings (SSSR count). The standard InChI is InChI=1S/C15H13BrCl2N2O3S/c1-20(24(22,23)11-7-5-10(16)6-8-11)9-14(21)19-15-12(17)3-2-4-13(15)18/h2-8H,9H2,1H3,(H,19,21). The van der Waals surface area contributed by atoms with E-state index in [1.54, 1.807) is 30.3 Å². The second-order valence-electron chi connectivity index (χ2n) is 4.86. The SMILES string of the molecule is CN(CC(=O)Nc1c(Cl)cccc1Cl)S(=O)(=O)c1ccc(Br)cc1. The van der Waals surface area contributed by atoms with E-state index in [-0.39, 0.29) is 27.2 Å². The molecule has 0 bridgehead atoms. The number of anilines is 1. The lowest BCUT2D eigenvalue weighted by Crippen LogP contribution is -2.35. The molecule has 1 amide bonds. The Hall–Kier alpha value is -1.12. The molecule has 0 aromatic heterocycles. The van der Waals surface area contributed by atoms with Crippen molar-refractivity contribution < 1.29 is 13.2 Å². The maximum Gasteiger partial charge on any atom is 0.243 e. The van der Waals surface area contributed by atoms with E-state index in [9.17, 15) is 13.2 Å². The summed E-state index contributed by atoms with van der Waals surface area (Å²) in [5.74, 6) is -0.548. The number of halogens is 3. The maximum atomic E-state index is 12.4. The number of nitrogens with one attached hydrogen (secondary N) is 1. The monoisotopic (exact) mass is 450 g/mol. The lowest BCUT2D eigenvalue weighted by molar-refractivity contribution is -0.116. The van der Waals surface area contributed by atoms with Crippen molar-refractivity contribution in [3.63, 3.8) is 0 Å². The van der Waals surface area contributed by atoms with Gasteiger partial charge in [-0.3, -0.25) is 4.79 Å². The summed E-state index contributed by atoms with van der Waals surface area (Å²) in [4.78, 5) is 12.2. The van der Waals surface area contributed by atoms with Gasteiger partial charge in [-0.05, 0) is 36.4 Å². The van der Waals surface area contributed by atoms with Crippen molar-refractivity contribution in [3.05, 3.63) is 57.0 Å². The molecule has 0 saturated heterocycles. The van der Waals surface area contributed by atoms with Gasteiger partial charge in [-0.25, -0.2) is 8.42 Å². The van der Waals surface area contributed by atoms with Gasteiger partial charge in [-0.15, -0.1) is 0 Å². The van der Waals surface area contributed by atoms with Gasteiger partial charge >= 0.3 is 0 Å². The van der Waals surface area contributed by atoms with Gasteiger partial charge in [-0.1, -0.05) is 45.2 Å². The first kappa shape index (κ1) is 19.2. The van der Waals surface area contributed by atoms with E-state index in [0.717, 1.165) is 8.78 Å². The number of amides is 1. The smallest absolute Gasteiger partial charge is 0.243 e. The number of carbonyl (C=O) groups is 1. The molecule has 0 unspecified atom stereocenters. The molecule has 0 aliphatic rings. The molecule has 0 spiro atoms. The minimum atomic E-state index is -3.78. The van der Waals surface area contributed by atoms with Crippen molar-refractivity contribution >= 4 is 60.7 Å². The van der Waals surface area contributed by atoms with Gasteiger partial charge in [0.2, 0.25) is 15.9 Å². The van der Waals surface area contributed by atoms with Crippen LogP contribution in [-0.4, -0.2) is 32.2 Å². The summed E-state index contributed by atoms with van der Waals surface area (Å²) in [6.07, 6.45) is 0. The Labute approximate surface area is 158 Å². The van der Waals surface area contributed by atoms with Crippen LogP contribution in [0.15, 0.2) is 51.8 Å². The highest BCUT2D eigenvalue weighted by Gasteiger charge is 2.23. The average molecular weight is 452 g/mol. The molecule has 0 radical (unpaired) electrons. The predicted molar refractivity (Wildman–Crippen MR) is 99.0 cm³/mol. The maximum absolute atomic E-state index is 12.4. The third-order valence-electron chi connectivity index (χ3n) is 3.12. The Morgan fingerprint density at radius 3 is 2.21 bits per heavy atom. The molecule has 2 aromatic carbocycles. The summed E-state index contributed by atoms with van der Waals surface area (Å²) >= 11 is 15.2. The van der Waals surface area contributed by atoms with Crippen LogP contribution in [0.5, 0.6) is 0 Å². The Morgan fingerprint density at radius 2 is 1.67 bits per heavy atom. The number of likely N-dealkylation sites (N-methyl/N-ethyl adjacent to an activating group) is 1. The molecule has 2 aromatic rings. The van der Waals surface area contributed by atoms with Gasteiger partial charge < -0.3 is 5.32 Å². The lowest BCUT2D eigenvalue weighted by Gasteiger charge is -2.17. The number of carbonyl (C=O) groups excluding carboxylic acids is 1. The van der Waals surface area contributed by atoms with E-state index in [1.807, 2.05) is 0 Å². The number of rotatable bonds is 5. The van der Waals surface area contributed by atoms with Gasteiger partial charge in [0.25, 0.3) is 0 Å². The fraction of sp³-hybridized carbons (Fsp3) is 0.133. The zero-order valence-electron chi connectivity index (χ0n) is 12.5. The Kier molecular flexibility index (Phi) is 6.28. The zero-order valence-corrected chi connectivity index (χ0v) is 16.4. The lowest BCUT2D eigenvalue weighted by atomic mass is 10.3. The van der Waals surface area contributed by atoms with E-state index in [1.165, 1.54) is 19.2 Å². The van der Waals surface area contributed by atoms with E-state index < -0.39 is 15.9 Å². The van der Waals surface area contributed by atoms with E-state index in [2.05, 4.69) is 21.2 Å². The minimum absolute atomic E-state index is 0.0942. The molecule has 0 fully saturated rings. The molecule has 5 nitrogen and oxygen atoms in total. The molecule has 1 N–H and O–H groups in total. The molecule has 0 heterocycles. The molecule has 0 aliphatic heterocycles. The van der Waals surface area contributed by atoms with Crippen LogP contribution in [0.1, 0.15) is 0 Å². The van der Waals surface area contributed by atoms with Gasteiger partial charge in [0, 0.05) is 11.5 Å². The number of benzene rings is 2.